The van der Waals surface area contributed by atoms with Gasteiger partial charge in [-0.25, -0.2) is 4.98 Å². The Labute approximate surface area is 184 Å². The summed E-state index contributed by atoms with van der Waals surface area (Å²) in [4.78, 5) is 17.5. The number of benzene rings is 3. The van der Waals surface area contributed by atoms with Gasteiger partial charge in [0.15, 0.2) is 0 Å². The fourth-order valence-corrected chi connectivity index (χ4v) is 3.61. The van der Waals surface area contributed by atoms with Crippen molar-refractivity contribution in [1.29, 1.82) is 0 Å². The molecule has 4 aromatic rings. The summed E-state index contributed by atoms with van der Waals surface area (Å²) in [6, 6.07) is 20.5. The molecule has 0 atom stereocenters. The molecule has 152 valence electrons. The summed E-state index contributed by atoms with van der Waals surface area (Å²) in [5.74, 6) is 1.37. The number of amides is 1. The van der Waals surface area contributed by atoms with Crippen LogP contribution in [-0.4, -0.2) is 22.6 Å². The van der Waals surface area contributed by atoms with Gasteiger partial charge in [0.25, 0.3) is 0 Å². The maximum atomic E-state index is 12.8. The summed E-state index contributed by atoms with van der Waals surface area (Å²) in [5, 5.41) is 3.92. The number of hydrogen-bond donors (Lipinski definition) is 1. The van der Waals surface area contributed by atoms with Gasteiger partial charge in [0, 0.05) is 12.1 Å². The molecule has 3 aromatic carbocycles. The quantitative estimate of drug-likeness (QED) is 0.426. The van der Waals surface area contributed by atoms with Gasteiger partial charge in [-0.05, 0) is 54.1 Å². The number of aromatic nitrogens is 2. The highest BCUT2D eigenvalue weighted by atomic mass is 35.5. The number of carbonyl (C=O) groups excluding carboxylic acids is 1. The lowest BCUT2D eigenvalue weighted by Gasteiger charge is -2.11. The summed E-state index contributed by atoms with van der Waals surface area (Å²) in [5.41, 5.74) is 3.41. The predicted octanol–water partition coefficient (Wildman–Crippen LogP) is 5.58. The zero-order valence-electron chi connectivity index (χ0n) is 16.2. The largest absolute Gasteiger partial charge is 0.497 e. The van der Waals surface area contributed by atoms with Gasteiger partial charge in [0.05, 0.1) is 28.2 Å². The highest BCUT2D eigenvalue weighted by molar-refractivity contribution is 6.42. The van der Waals surface area contributed by atoms with Crippen LogP contribution in [0.15, 0.2) is 66.7 Å². The van der Waals surface area contributed by atoms with Crippen molar-refractivity contribution in [2.75, 3.05) is 12.4 Å². The fraction of sp³-hybridized carbons (Fsp3) is 0.130. The molecule has 0 spiro atoms. The number of imidazole rings is 1. The van der Waals surface area contributed by atoms with E-state index in [4.69, 9.17) is 32.9 Å². The van der Waals surface area contributed by atoms with Crippen molar-refractivity contribution in [1.82, 2.24) is 9.55 Å². The molecule has 0 aliphatic heterocycles. The molecule has 0 aliphatic rings. The van der Waals surface area contributed by atoms with E-state index in [0.29, 0.717) is 22.2 Å². The molecule has 0 bridgehead atoms. The second-order valence-electron chi connectivity index (χ2n) is 6.80. The summed E-state index contributed by atoms with van der Waals surface area (Å²) >= 11 is 12.2. The molecule has 1 amide bonds. The Morgan fingerprint density at radius 1 is 1.03 bits per heavy atom. The van der Waals surface area contributed by atoms with Gasteiger partial charge in [-0.15, -0.1) is 0 Å². The van der Waals surface area contributed by atoms with Crippen molar-refractivity contribution in [3.05, 3.63) is 88.2 Å². The number of para-hydroxylation sites is 2. The Bertz CT molecular complexity index is 1200. The molecule has 0 saturated carbocycles. The number of fused-ring (bicyclic) bond motifs is 1. The lowest BCUT2D eigenvalue weighted by molar-refractivity contribution is -0.116. The second kappa shape index (κ2) is 8.78. The Kier molecular flexibility index (Phi) is 5.93. The number of ether oxygens (including phenoxy) is 1. The molecule has 1 heterocycles. The molecule has 30 heavy (non-hydrogen) atoms. The fourth-order valence-electron chi connectivity index (χ4n) is 3.29. The average molecular weight is 440 g/mol. The standard InChI is InChI=1S/C23H19Cl2N3O2/c1-30-17-9-7-16(8-10-17)26-23(29)14-28-21-5-3-2-4-20(21)27-22(28)13-15-6-11-18(24)19(25)12-15/h2-12H,13-14H2,1H3,(H,26,29). The number of anilines is 1. The topological polar surface area (TPSA) is 56.1 Å². The first kappa shape index (κ1) is 20.3. The van der Waals surface area contributed by atoms with Crippen LogP contribution in [0.1, 0.15) is 11.4 Å². The highest BCUT2D eigenvalue weighted by Gasteiger charge is 2.15. The van der Waals surface area contributed by atoms with E-state index in [1.807, 2.05) is 41.0 Å². The molecule has 1 N–H and O–H groups in total. The van der Waals surface area contributed by atoms with Crippen LogP contribution in [-0.2, 0) is 17.8 Å². The van der Waals surface area contributed by atoms with Gasteiger partial charge >= 0.3 is 0 Å². The van der Waals surface area contributed by atoms with Crippen LogP contribution < -0.4 is 10.1 Å². The van der Waals surface area contributed by atoms with E-state index in [9.17, 15) is 4.79 Å². The van der Waals surface area contributed by atoms with Gasteiger partial charge in [-0.1, -0.05) is 41.4 Å². The first-order chi connectivity index (χ1) is 14.5. The molecule has 5 nitrogen and oxygen atoms in total. The maximum Gasteiger partial charge on any atom is 0.244 e. The van der Waals surface area contributed by atoms with Crippen molar-refractivity contribution < 1.29 is 9.53 Å². The average Bonchev–Trinajstić information content (AvgIpc) is 3.08. The normalized spacial score (nSPS) is 10.9. The number of halogens is 2. The van der Waals surface area contributed by atoms with Crippen LogP contribution in [0.5, 0.6) is 5.75 Å². The second-order valence-corrected chi connectivity index (χ2v) is 7.62. The van der Waals surface area contributed by atoms with Gasteiger partial charge in [0.1, 0.15) is 18.1 Å². The van der Waals surface area contributed by atoms with Crippen LogP contribution >= 0.6 is 23.2 Å². The number of nitrogens with one attached hydrogen (secondary N) is 1. The Hall–Kier alpha value is -3.02. The van der Waals surface area contributed by atoms with Gasteiger partial charge < -0.3 is 14.6 Å². The number of methoxy groups -OCH3 is 1. The summed E-state index contributed by atoms with van der Waals surface area (Å²) in [7, 11) is 1.60. The first-order valence-electron chi connectivity index (χ1n) is 9.35. The molecule has 0 fully saturated rings. The number of rotatable bonds is 6. The van der Waals surface area contributed by atoms with E-state index >= 15 is 0 Å². The molecular weight excluding hydrogens is 421 g/mol. The summed E-state index contributed by atoms with van der Waals surface area (Å²) in [6.45, 7) is 0.142. The van der Waals surface area contributed by atoms with Crippen LogP contribution in [0.25, 0.3) is 11.0 Å². The lowest BCUT2D eigenvalue weighted by atomic mass is 10.1. The monoisotopic (exact) mass is 439 g/mol. The third-order valence-electron chi connectivity index (χ3n) is 4.76. The van der Waals surface area contributed by atoms with Gasteiger partial charge in [-0.3, -0.25) is 4.79 Å². The Balaban J connectivity index is 1.60. The molecule has 4 rings (SSSR count). The van der Waals surface area contributed by atoms with Crippen molar-refractivity contribution in [2.45, 2.75) is 13.0 Å². The van der Waals surface area contributed by atoms with Crippen LogP contribution in [0.2, 0.25) is 10.0 Å². The SMILES string of the molecule is COc1ccc(NC(=O)Cn2c(Cc3ccc(Cl)c(Cl)c3)nc3ccccc32)cc1. The molecule has 0 radical (unpaired) electrons. The van der Waals surface area contributed by atoms with Crippen LogP contribution in [0.4, 0.5) is 5.69 Å². The third-order valence-corrected chi connectivity index (χ3v) is 5.49. The Morgan fingerprint density at radius 2 is 1.80 bits per heavy atom. The predicted molar refractivity (Wildman–Crippen MR) is 121 cm³/mol. The van der Waals surface area contributed by atoms with Crippen molar-refractivity contribution >= 4 is 45.8 Å². The summed E-state index contributed by atoms with van der Waals surface area (Å²) in [6.07, 6.45) is 0.529. The van der Waals surface area contributed by atoms with Crippen molar-refractivity contribution in [2.24, 2.45) is 0 Å². The van der Waals surface area contributed by atoms with Crippen molar-refractivity contribution in [3.63, 3.8) is 0 Å². The van der Waals surface area contributed by atoms with E-state index < -0.39 is 0 Å². The van der Waals surface area contributed by atoms with Gasteiger partial charge in [0.2, 0.25) is 5.91 Å². The van der Waals surface area contributed by atoms with E-state index in [-0.39, 0.29) is 12.5 Å². The zero-order chi connectivity index (χ0) is 21.1. The van der Waals surface area contributed by atoms with Gasteiger partial charge in [-0.2, -0.15) is 0 Å². The smallest absolute Gasteiger partial charge is 0.244 e. The molecule has 1 aromatic heterocycles. The first-order valence-corrected chi connectivity index (χ1v) is 10.1. The molecule has 7 heteroatoms. The minimum Gasteiger partial charge on any atom is -0.497 e. The maximum absolute atomic E-state index is 12.8. The lowest BCUT2D eigenvalue weighted by Crippen LogP contribution is -2.20. The number of nitrogens with zero attached hydrogens (tertiary/aromatic N) is 2. The summed E-state index contributed by atoms with van der Waals surface area (Å²) < 4.78 is 7.08. The zero-order valence-corrected chi connectivity index (χ0v) is 17.7. The number of carbonyl (C=O) groups is 1. The molecule has 0 aliphatic carbocycles. The van der Waals surface area contributed by atoms with Crippen molar-refractivity contribution in [3.8, 4) is 5.75 Å². The van der Waals surface area contributed by atoms with Crippen LogP contribution in [0.3, 0.4) is 0 Å². The minimum atomic E-state index is -0.140. The highest BCUT2D eigenvalue weighted by Crippen LogP contribution is 2.25. The molecular formula is C23H19Cl2N3O2. The molecule has 0 saturated heterocycles. The van der Waals surface area contributed by atoms with E-state index in [0.717, 1.165) is 28.2 Å². The molecule has 0 unspecified atom stereocenters. The van der Waals surface area contributed by atoms with E-state index in [2.05, 4.69) is 5.32 Å². The Morgan fingerprint density at radius 3 is 2.53 bits per heavy atom. The van der Waals surface area contributed by atoms with E-state index in [1.165, 1.54) is 0 Å². The van der Waals surface area contributed by atoms with E-state index in [1.54, 1.807) is 37.4 Å². The minimum absolute atomic E-state index is 0.140. The number of hydrogen-bond acceptors (Lipinski definition) is 3. The third kappa shape index (κ3) is 4.42. The van der Waals surface area contributed by atoms with Crippen LogP contribution in [0, 0.1) is 0 Å².